The molecule has 0 amide bonds. The zero-order valence-corrected chi connectivity index (χ0v) is 14.6. The van der Waals surface area contributed by atoms with E-state index in [2.05, 4.69) is 35.9 Å². The van der Waals surface area contributed by atoms with Crippen LogP contribution in [-0.2, 0) is 0 Å². The summed E-state index contributed by atoms with van der Waals surface area (Å²) in [5, 5.41) is 3.88. The van der Waals surface area contributed by atoms with E-state index in [4.69, 9.17) is 0 Å². The van der Waals surface area contributed by atoms with Crippen molar-refractivity contribution in [2.75, 3.05) is 39.3 Å². The molecular formula is C18H37N3. The minimum atomic E-state index is 0.631. The molecule has 1 N–H and O–H groups in total. The van der Waals surface area contributed by atoms with Crippen molar-refractivity contribution in [3.8, 4) is 0 Å². The summed E-state index contributed by atoms with van der Waals surface area (Å²) in [5.41, 5.74) is 0. The van der Waals surface area contributed by atoms with Crippen LogP contribution in [0, 0.1) is 5.92 Å². The van der Waals surface area contributed by atoms with Crippen LogP contribution in [0.25, 0.3) is 0 Å². The lowest BCUT2D eigenvalue weighted by atomic mass is 9.90. The summed E-state index contributed by atoms with van der Waals surface area (Å²) in [4.78, 5) is 5.29. The highest BCUT2D eigenvalue weighted by atomic mass is 15.2. The van der Waals surface area contributed by atoms with Crippen molar-refractivity contribution >= 4 is 0 Å². The quantitative estimate of drug-likeness (QED) is 0.779. The van der Waals surface area contributed by atoms with Crippen LogP contribution >= 0.6 is 0 Å². The van der Waals surface area contributed by atoms with Crippen molar-refractivity contribution < 1.29 is 0 Å². The van der Waals surface area contributed by atoms with Crippen LogP contribution < -0.4 is 5.32 Å². The van der Waals surface area contributed by atoms with Gasteiger partial charge in [0.1, 0.15) is 0 Å². The van der Waals surface area contributed by atoms with Gasteiger partial charge < -0.3 is 15.1 Å². The Labute approximate surface area is 132 Å². The fraction of sp³-hybridized carbons (Fsp3) is 1.00. The predicted octanol–water partition coefficient (Wildman–Crippen LogP) is 2.96. The average Bonchev–Trinajstić information content (AvgIpc) is 2.49. The van der Waals surface area contributed by atoms with Gasteiger partial charge in [0.2, 0.25) is 0 Å². The Bertz CT molecular complexity index is 268. The molecule has 2 aliphatic heterocycles. The lowest BCUT2D eigenvalue weighted by Gasteiger charge is -2.37. The Morgan fingerprint density at radius 1 is 0.952 bits per heavy atom. The lowest BCUT2D eigenvalue weighted by molar-refractivity contribution is 0.150. The molecule has 3 heteroatoms. The van der Waals surface area contributed by atoms with E-state index in [9.17, 15) is 0 Å². The van der Waals surface area contributed by atoms with Crippen LogP contribution in [-0.4, -0.2) is 61.2 Å². The molecule has 2 aliphatic rings. The van der Waals surface area contributed by atoms with Crippen LogP contribution in [0.2, 0.25) is 0 Å². The Morgan fingerprint density at radius 2 is 1.62 bits per heavy atom. The van der Waals surface area contributed by atoms with Crippen LogP contribution in [0.1, 0.15) is 59.3 Å². The normalized spacial score (nSPS) is 25.9. The number of hydrogen-bond donors (Lipinski definition) is 1. The fourth-order valence-corrected chi connectivity index (χ4v) is 4.16. The molecule has 2 unspecified atom stereocenters. The third-order valence-electron chi connectivity index (χ3n) is 5.41. The Kier molecular flexibility index (Phi) is 7.48. The summed E-state index contributed by atoms with van der Waals surface area (Å²) in [6.45, 7) is 14.9. The molecule has 124 valence electrons. The highest BCUT2D eigenvalue weighted by Crippen LogP contribution is 2.21. The maximum Gasteiger partial charge on any atom is 0.0169 e. The first-order chi connectivity index (χ1) is 10.2. The van der Waals surface area contributed by atoms with Crippen LogP contribution in [0.3, 0.4) is 0 Å². The number of nitrogens with zero attached hydrogens (tertiary/aromatic N) is 2. The monoisotopic (exact) mass is 295 g/mol. The SMILES string of the molecule is CCCN1CCC(C(C)NC(C)CN2CCCCC2)CC1. The van der Waals surface area contributed by atoms with E-state index >= 15 is 0 Å². The molecule has 2 saturated heterocycles. The van der Waals surface area contributed by atoms with Crippen molar-refractivity contribution in [2.45, 2.75) is 71.4 Å². The Balaban J connectivity index is 1.65. The van der Waals surface area contributed by atoms with Crippen molar-refractivity contribution in [3.05, 3.63) is 0 Å². The molecule has 2 rings (SSSR count). The van der Waals surface area contributed by atoms with E-state index in [-0.39, 0.29) is 0 Å². The minimum absolute atomic E-state index is 0.631. The molecule has 21 heavy (non-hydrogen) atoms. The molecule has 3 nitrogen and oxygen atoms in total. The first kappa shape index (κ1) is 17.2. The summed E-state index contributed by atoms with van der Waals surface area (Å²) < 4.78 is 0. The highest BCUT2D eigenvalue weighted by Gasteiger charge is 2.24. The largest absolute Gasteiger partial charge is 0.310 e. The zero-order valence-electron chi connectivity index (χ0n) is 14.6. The average molecular weight is 296 g/mol. The van der Waals surface area contributed by atoms with E-state index in [1.807, 2.05) is 0 Å². The number of likely N-dealkylation sites (tertiary alicyclic amines) is 2. The van der Waals surface area contributed by atoms with Crippen LogP contribution in [0.15, 0.2) is 0 Å². The van der Waals surface area contributed by atoms with Gasteiger partial charge in [-0.3, -0.25) is 0 Å². The van der Waals surface area contributed by atoms with E-state index in [1.165, 1.54) is 77.8 Å². The second kappa shape index (κ2) is 9.12. The summed E-state index contributed by atoms with van der Waals surface area (Å²) in [6, 6.07) is 1.31. The molecular weight excluding hydrogens is 258 g/mol. The van der Waals surface area contributed by atoms with Gasteiger partial charge >= 0.3 is 0 Å². The topological polar surface area (TPSA) is 18.5 Å². The summed E-state index contributed by atoms with van der Waals surface area (Å²) in [5.74, 6) is 0.877. The summed E-state index contributed by atoms with van der Waals surface area (Å²) in [7, 11) is 0. The first-order valence-electron chi connectivity index (χ1n) is 9.39. The molecule has 2 atom stereocenters. The maximum atomic E-state index is 3.88. The van der Waals surface area contributed by atoms with Gasteiger partial charge in [0.05, 0.1) is 0 Å². The van der Waals surface area contributed by atoms with Gasteiger partial charge in [-0.05, 0) is 84.6 Å². The Morgan fingerprint density at radius 3 is 2.24 bits per heavy atom. The van der Waals surface area contributed by atoms with Gasteiger partial charge in [0.15, 0.2) is 0 Å². The summed E-state index contributed by atoms with van der Waals surface area (Å²) in [6.07, 6.45) is 8.29. The molecule has 0 aromatic carbocycles. The maximum absolute atomic E-state index is 3.88. The summed E-state index contributed by atoms with van der Waals surface area (Å²) >= 11 is 0. The predicted molar refractivity (Wildman–Crippen MR) is 91.8 cm³/mol. The number of piperidine rings is 2. The standard InChI is InChI=1S/C18H37N3/c1-4-10-20-13-8-18(9-14-20)17(3)19-16(2)15-21-11-6-5-7-12-21/h16-19H,4-15H2,1-3H3. The number of hydrogen-bond acceptors (Lipinski definition) is 3. The molecule has 0 spiro atoms. The third-order valence-corrected chi connectivity index (χ3v) is 5.41. The van der Waals surface area contributed by atoms with E-state index < -0.39 is 0 Å². The van der Waals surface area contributed by atoms with Gasteiger partial charge in [-0.2, -0.15) is 0 Å². The van der Waals surface area contributed by atoms with Gasteiger partial charge in [-0.1, -0.05) is 13.3 Å². The van der Waals surface area contributed by atoms with E-state index in [0.717, 1.165) is 5.92 Å². The molecule has 0 bridgehead atoms. The molecule has 2 fully saturated rings. The molecule has 0 saturated carbocycles. The second-order valence-corrected chi connectivity index (χ2v) is 7.40. The Hall–Kier alpha value is -0.120. The molecule has 0 radical (unpaired) electrons. The van der Waals surface area contributed by atoms with Gasteiger partial charge in [0.25, 0.3) is 0 Å². The van der Waals surface area contributed by atoms with Crippen LogP contribution in [0.5, 0.6) is 0 Å². The molecule has 0 aromatic rings. The lowest BCUT2D eigenvalue weighted by Crippen LogP contribution is -2.48. The molecule has 2 heterocycles. The van der Waals surface area contributed by atoms with E-state index in [1.54, 1.807) is 0 Å². The molecule has 0 aromatic heterocycles. The smallest absolute Gasteiger partial charge is 0.0169 e. The van der Waals surface area contributed by atoms with Crippen molar-refractivity contribution in [3.63, 3.8) is 0 Å². The van der Waals surface area contributed by atoms with Gasteiger partial charge in [-0.25, -0.2) is 0 Å². The fourth-order valence-electron chi connectivity index (χ4n) is 4.16. The van der Waals surface area contributed by atoms with Crippen molar-refractivity contribution in [2.24, 2.45) is 5.92 Å². The zero-order chi connectivity index (χ0) is 15.1. The third kappa shape index (κ3) is 5.88. The second-order valence-electron chi connectivity index (χ2n) is 7.40. The number of nitrogens with one attached hydrogen (secondary N) is 1. The van der Waals surface area contributed by atoms with Crippen molar-refractivity contribution in [1.82, 2.24) is 15.1 Å². The first-order valence-corrected chi connectivity index (χ1v) is 9.39. The highest BCUT2D eigenvalue weighted by molar-refractivity contribution is 4.82. The minimum Gasteiger partial charge on any atom is -0.310 e. The van der Waals surface area contributed by atoms with Crippen LogP contribution in [0.4, 0.5) is 0 Å². The van der Waals surface area contributed by atoms with Crippen molar-refractivity contribution in [1.29, 1.82) is 0 Å². The van der Waals surface area contributed by atoms with Gasteiger partial charge in [-0.15, -0.1) is 0 Å². The van der Waals surface area contributed by atoms with Gasteiger partial charge in [0, 0.05) is 18.6 Å². The number of rotatable bonds is 7. The van der Waals surface area contributed by atoms with E-state index in [0.29, 0.717) is 12.1 Å². The molecule has 0 aliphatic carbocycles.